The SMILES string of the molecule is CC(C)(COc1ccccc1Cl)NC(=O)C1C2CNC[C@H]21. The molecule has 2 fully saturated rings. The van der Waals surface area contributed by atoms with Gasteiger partial charge in [-0.3, -0.25) is 4.79 Å². The Morgan fingerprint density at radius 2 is 2.05 bits per heavy atom. The molecule has 2 N–H and O–H groups in total. The van der Waals surface area contributed by atoms with Gasteiger partial charge in [0.1, 0.15) is 12.4 Å². The van der Waals surface area contributed by atoms with Crippen molar-refractivity contribution in [2.75, 3.05) is 19.7 Å². The average molecular weight is 309 g/mol. The Hall–Kier alpha value is -1.26. The maximum absolute atomic E-state index is 12.3. The van der Waals surface area contributed by atoms with Gasteiger partial charge in [0.25, 0.3) is 0 Å². The molecule has 0 radical (unpaired) electrons. The number of piperidine rings is 1. The van der Waals surface area contributed by atoms with Crippen LogP contribution in [0.1, 0.15) is 13.8 Å². The van der Waals surface area contributed by atoms with Crippen molar-refractivity contribution in [3.8, 4) is 5.75 Å². The van der Waals surface area contributed by atoms with Crippen molar-refractivity contribution in [2.45, 2.75) is 19.4 Å². The maximum Gasteiger partial charge on any atom is 0.224 e. The van der Waals surface area contributed by atoms with E-state index in [-0.39, 0.29) is 11.8 Å². The molecule has 3 atom stereocenters. The second kappa shape index (κ2) is 5.50. The van der Waals surface area contributed by atoms with E-state index in [9.17, 15) is 4.79 Å². The predicted molar refractivity (Wildman–Crippen MR) is 82.5 cm³/mol. The summed E-state index contributed by atoms with van der Waals surface area (Å²) in [5, 5.41) is 6.99. The van der Waals surface area contributed by atoms with Gasteiger partial charge in [-0.05, 0) is 50.9 Å². The quantitative estimate of drug-likeness (QED) is 0.875. The minimum atomic E-state index is -0.416. The van der Waals surface area contributed by atoms with Crippen LogP contribution in [-0.2, 0) is 4.79 Å². The van der Waals surface area contributed by atoms with Gasteiger partial charge in [0.15, 0.2) is 0 Å². The molecule has 1 aliphatic carbocycles. The van der Waals surface area contributed by atoms with Gasteiger partial charge >= 0.3 is 0 Å². The van der Waals surface area contributed by atoms with Gasteiger partial charge in [-0.2, -0.15) is 0 Å². The van der Waals surface area contributed by atoms with E-state index in [2.05, 4.69) is 10.6 Å². The number of hydrogen-bond acceptors (Lipinski definition) is 3. The summed E-state index contributed by atoms with van der Waals surface area (Å²) >= 11 is 6.06. The number of ether oxygens (including phenoxy) is 1. The fourth-order valence-electron chi connectivity index (χ4n) is 3.08. The van der Waals surface area contributed by atoms with Crippen molar-refractivity contribution in [1.29, 1.82) is 0 Å². The van der Waals surface area contributed by atoms with Gasteiger partial charge in [-0.1, -0.05) is 23.7 Å². The van der Waals surface area contributed by atoms with Crippen LogP contribution in [0.2, 0.25) is 5.02 Å². The zero-order valence-corrected chi connectivity index (χ0v) is 13.1. The predicted octanol–water partition coefficient (Wildman–Crippen LogP) is 2.08. The maximum atomic E-state index is 12.3. The fourth-order valence-corrected chi connectivity index (χ4v) is 3.27. The Bertz CT molecular complexity index is 537. The first-order chi connectivity index (χ1) is 9.98. The number of halogens is 1. The van der Waals surface area contributed by atoms with Crippen LogP contribution >= 0.6 is 11.6 Å². The van der Waals surface area contributed by atoms with Crippen LogP contribution in [0.25, 0.3) is 0 Å². The molecule has 1 heterocycles. The Kier molecular flexibility index (Phi) is 3.84. The van der Waals surface area contributed by atoms with Gasteiger partial charge in [-0.25, -0.2) is 0 Å². The molecule has 21 heavy (non-hydrogen) atoms. The van der Waals surface area contributed by atoms with Crippen LogP contribution in [0.4, 0.5) is 0 Å². The molecule has 1 saturated carbocycles. The number of para-hydroxylation sites is 1. The standard InChI is InChI=1S/C16H21ClN2O2/c1-16(2,9-21-13-6-4-3-5-12(13)17)19-15(20)14-10-7-18-8-11(10)14/h3-6,10-11,14,18H,7-9H2,1-2H3,(H,19,20)/t10-,11?,14?/m1/s1. The van der Waals surface area contributed by atoms with Crippen molar-refractivity contribution in [3.63, 3.8) is 0 Å². The van der Waals surface area contributed by atoms with Crippen molar-refractivity contribution in [3.05, 3.63) is 29.3 Å². The van der Waals surface area contributed by atoms with E-state index in [1.54, 1.807) is 6.07 Å². The van der Waals surface area contributed by atoms with Crippen LogP contribution in [0.5, 0.6) is 5.75 Å². The molecule has 0 bridgehead atoms. The van der Waals surface area contributed by atoms with E-state index in [4.69, 9.17) is 16.3 Å². The molecule has 2 aliphatic rings. The molecule has 1 aromatic carbocycles. The lowest BCUT2D eigenvalue weighted by Gasteiger charge is -2.27. The van der Waals surface area contributed by atoms with E-state index < -0.39 is 5.54 Å². The van der Waals surface area contributed by atoms with Gasteiger partial charge in [0, 0.05) is 5.92 Å². The summed E-state index contributed by atoms with van der Waals surface area (Å²) in [6.07, 6.45) is 0. The molecule has 1 saturated heterocycles. The number of rotatable bonds is 5. The summed E-state index contributed by atoms with van der Waals surface area (Å²) in [7, 11) is 0. The van der Waals surface area contributed by atoms with E-state index in [0.717, 1.165) is 13.1 Å². The largest absolute Gasteiger partial charge is 0.490 e. The number of carbonyl (C=O) groups is 1. The Balaban J connectivity index is 1.52. The molecule has 114 valence electrons. The summed E-state index contributed by atoms with van der Waals surface area (Å²) in [4.78, 5) is 12.3. The monoisotopic (exact) mass is 308 g/mol. The van der Waals surface area contributed by atoms with E-state index in [1.807, 2.05) is 32.0 Å². The molecule has 1 aromatic rings. The van der Waals surface area contributed by atoms with Crippen LogP contribution in [-0.4, -0.2) is 31.1 Å². The first-order valence-electron chi connectivity index (χ1n) is 7.38. The number of carbonyl (C=O) groups excluding carboxylic acids is 1. The number of nitrogens with one attached hydrogen (secondary N) is 2. The molecule has 0 spiro atoms. The number of amides is 1. The minimum Gasteiger partial charge on any atom is -0.490 e. The number of benzene rings is 1. The average Bonchev–Trinajstić information content (AvgIpc) is 2.92. The van der Waals surface area contributed by atoms with Gasteiger partial charge in [0.05, 0.1) is 10.6 Å². The first kappa shape index (κ1) is 14.7. The lowest BCUT2D eigenvalue weighted by atomic mass is 10.1. The Morgan fingerprint density at radius 3 is 2.71 bits per heavy atom. The second-order valence-electron chi connectivity index (χ2n) is 6.60. The van der Waals surface area contributed by atoms with Crippen molar-refractivity contribution in [1.82, 2.24) is 10.6 Å². The highest BCUT2D eigenvalue weighted by Crippen LogP contribution is 2.48. The third kappa shape index (κ3) is 3.16. The number of fused-ring (bicyclic) bond motifs is 1. The van der Waals surface area contributed by atoms with Crippen molar-refractivity contribution < 1.29 is 9.53 Å². The summed E-state index contributed by atoms with van der Waals surface area (Å²) < 4.78 is 5.74. The van der Waals surface area contributed by atoms with Gasteiger partial charge in [-0.15, -0.1) is 0 Å². The van der Waals surface area contributed by atoms with E-state index >= 15 is 0 Å². The lowest BCUT2D eigenvalue weighted by molar-refractivity contribution is -0.125. The molecule has 1 amide bonds. The highest BCUT2D eigenvalue weighted by Gasteiger charge is 2.57. The minimum absolute atomic E-state index is 0.152. The summed E-state index contributed by atoms with van der Waals surface area (Å²) in [6, 6.07) is 7.37. The third-order valence-electron chi connectivity index (χ3n) is 4.28. The molecule has 4 nitrogen and oxygen atoms in total. The lowest BCUT2D eigenvalue weighted by Crippen LogP contribution is -2.49. The fraction of sp³-hybridized carbons (Fsp3) is 0.562. The molecule has 2 unspecified atom stereocenters. The Morgan fingerprint density at radius 1 is 1.38 bits per heavy atom. The smallest absolute Gasteiger partial charge is 0.224 e. The Labute approximate surface area is 130 Å². The van der Waals surface area contributed by atoms with Crippen LogP contribution in [0.3, 0.4) is 0 Å². The van der Waals surface area contributed by atoms with E-state index in [0.29, 0.717) is 29.2 Å². The molecular weight excluding hydrogens is 288 g/mol. The van der Waals surface area contributed by atoms with Crippen molar-refractivity contribution in [2.24, 2.45) is 17.8 Å². The summed E-state index contributed by atoms with van der Waals surface area (Å²) in [6.45, 7) is 6.28. The van der Waals surface area contributed by atoms with Gasteiger partial charge in [0.2, 0.25) is 5.91 Å². The van der Waals surface area contributed by atoms with Gasteiger partial charge < -0.3 is 15.4 Å². The molecule has 0 aromatic heterocycles. The van der Waals surface area contributed by atoms with Crippen LogP contribution < -0.4 is 15.4 Å². The zero-order valence-electron chi connectivity index (χ0n) is 12.4. The summed E-state index contributed by atoms with van der Waals surface area (Å²) in [5.41, 5.74) is -0.416. The van der Waals surface area contributed by atoms with Crippen molar-refractivity contribution >= 4 is 17.5 Å². The van der Waals surface area contributed by atoms with E-state index in [1.165, 1.54) is 0 Å². The zero-order chi connectivity index (χ0) is 15.0. The van der Waals surface area contributed by atoms with Crippen LogP contribution in [0, 0.1) is 17.8 Å². The normalized spacial score (nSPS) is 27.1. The third-order valence-corrected chi connectivity index (χ3v) is 4.59. The second-order valence-corrected chi connectivity index (χ2v) is 7.01. The number of hydrogen-bond donors (Lipinski definition) is 2. The molecule has 1 aliphatic heterocycles. The topological polar surface area (TPSA) is 50.4 Å². The van der Waals surface area contributed by atoms with Crippen LogP contribution in [0.15, 0.2) is 24.3 Å². The highest BCUT2D eigenvalue weighted by molar-refractivity contribution is 6.32. The summed E-state index contributed by atoms with van der Waals surface area (Å²) in [5.74, 6) is 2.05. The first-order valence-corrected chi connectivity index (χ1v) is 7.76. The highest BCUT2D eigenvalue weighted by atomic mass is 35.5. The molecular formula is C16H21ClN2O2. The molecule has 5 heteroatoms. The molecule has 3 rings (SSSR count).